The number of thiocarbonyl (C=S) groups is 1. The highest BCUT2D eigenvalue weighted by Crippen LogP contribution is 2.26. The summed E-state index contributed by atoms with van der Waals surface area (Å²) in [6.07, 6.45) is 0.948. The van der Waals surface area contributed by atoms with Crippen LogP contribution in [0.2, 0.25) is 0 Å². The number of carbonyl (C=O) groups is 2. The molecule has 3 rings (SSSR count). The third kappa shape index (κ3) is 7.63. The Morgan fingerprint density at radius 2 is 1.74 bits per heavy atom. The molecule has 0 saturated heterocycles. The van der Waals surface area contributed by atoms with Gasteiger partial charge in [0.25, 0.3) is 11.8 Å². The molecule has 0 atom stereocenters. The summed E-state index contributed by atoms with van der Waals surface area (Å²) >= 11 is 8.78. The van der Waals surface area contributed by atoms with Crippen molar-refractivity contribution in [3.63, 3.8) is 0 Å². The number of benzene rings is 3. The van der Waals surface area contributed by atoms with Crippen molar-refractivity contribution in [3.05, 3.63) is 88.4 Å². The summed E-state index contributed by atoms with van der Waals surface area (Å²) in [5.74, 6) is 0.726. The van der Waals surface area contributed by atoms with Crippen LogP contribution in [0.15, 0.2) is 77.3 Å². The van der Waals surface area contributed by atoms with E-state index in [1.165, 1.54) is 0 Å². The smallest absolute Gasteiger partial charge is 0.258 e. The standard InChI is InChI=1S/C27H28BrN3O3S/c1-18(2)14-15-34-24-13-12-19(17-23(24)28)25(32)30-27(35)29-21-9-7-8-20(16-21)26(33)31(3)22-10-5-4-6-11-22/h4-13,16-18H,14-15H2,1-3H3,(H2,29,30,32,35). The van der Waals surface area contributed by atoms with Gasteiger partial charge in [0, 0.05) is 29.5 Å². The van der Waals surface area contributed by atoms with Crippen molar-refractivity contribution >= 4 is 56.4 Å². The van der Waals surface area contributed by atoms with E-state index >= 15 is 0 Å². The highest BCUT2D eigenvalue weighted by molar-refractivity contribution is 9.10. The quantitative estimate of drug-likeness (QED) is 0.321. The van der Waals surface area contributed by atoms with E-state index in [9.17, 15) is 9.59 Å². The molecule has 0 fully saturated rings. The maximum atomic E-state index is 12.9. The van der Waals surface area contributed by atoms with Gasteiger partial charge in [0.15, 0.2) is 5.11 Å². The van der Waals surface area contributed by atoms with Crippen LogP contribution in [0.25, 0.3) is 0 Å². The van der Waals surface area contributed by atoms with Gasteiger partial charge in [0.05, 0.1) is 11.1 Å². The van der Waals surface area contributed by atoms with Crippen LogP contribution >= 0.6 is 28.1 Å². The second-order valence-corrected chi connectivity index (χ2v) is 9.63. The number of rotatable bonds is 8. The number of hydrogen-bond acceptors (Lipinski definition) is 4. The summed E-state index contributed by atoms with van der Waals surface area (Å²) in [4.78, 5) is 27.1. The summed E-state index contributed by atoms with van der Waals surface area (Å²) in [6.45, 7) is 4.89. The van der Waals surface area contributed by atoms with E-state index in [-0.39, 0.29) is 16.9 Å². The first kappa shape index (κ1) is 26.4. The van der Waals surface area contributed by atoms with Crippen molar-refractivity contribution < 1.29 is 14.3 Å². The summed E-state index contributed by atoms with van der Waals surface area (Å²) in [7, 11) is 1.72. The van der Waals surface area contributed by atoms with E-state index < -0.39 is 0 Å². The molecule has 182 valence electrons. The minimum atomic E-state index is -0.354. The molecule has 0 spiro atoms. The molecule has 0 aromatic heterocycles. The summed E-state index contributed by atoms with van der Waals surface area (Å²) in [5, 5.41) is 5.77. The first-order valence-electron chi connectivity index (χ1n) is 11.2. The first-order chi connectivity index (χ1) is 16.7. The first-order valence-corrected chi connectivity index (χ1v) is 12.4. The number of ether oxygens (including phenoxy) is 1. The average molecular weight is 555 g/mol. The molecule has 0 aliphatic carbocycles. The molecule has 2 N–H and O–H groups in total. The van der Waals surface area contributed by atoms with Crippen molar-refractivity contribution in [1.29, 1.82) is 0 Å². The van der Waals surface area contributed by atoms with Crippen molar-refractivity contribution in [2.24, 2.45) is 5.92 Å². The number of carbonyl (C=O) groups excluding carboxylic acids is 2. The molecule has 8 heteroatoms. The van der Waals surface area contributed by atoms with Crippen LogP contribution in [0, 0.1) is 5.92 Å². The van der Waals surface area contributed by atoms with E-state index in [2.05, 4.69) is 40.4 Å². The Morgan fingerprint density at radius 3 is 2.43 bits per heavy atom. The molecule has 3 aromatic carbocycles. The zero-order valence-electron chi connectivity index (χ0n) is 19.9. The molecule has 3 aromatic rings. The average Bonchev–Trinajstić information content (AvgIpc) is 2.84. The number of nitrogens with one attached hydrogen (secondary N) is 2. The Labute approximate surface area is 219 Å². The Hall–Kier alpha value is -3.23. The number of anilines is 2. The maximum absolute atomic E-state index is 12.9. The summed E-state index contributed by atoms with van der Waals surface area (Å²) in [6, 6.07) is 21.5. The fourth-order valence-electron chi connectivity index (χ4n) is 3.19. The Bertz CT molecular complexity index is 1200. The van der Waals surface area contributed by atoms with E-state index in [0.29, 0.717) is 39.6 Å². The van der Waals surface area contributed by atoms with Gasteiger partial charge in [0.2, 0.25) is 0 Å². The van der Waals surface area contributed by atoms with Gasteiger partial charge < -0.3 is 15.0 Å². The molecule has 0 bridgehead atoms. The van der Waals surface area contributed by atoms with Crippen LogP contribution in [0.3, 0.4) is 0 Å². The van der Waals surface area contributed by atoms with E-state index in [1.54, 1.807) is 54.4 Å². The predicted octanol–water partition coefficient (Wildman–Crippen LogP) is 6.28. The molecular weight excluding hydrogens is 526 g/mol. The van der Waals surface area contributed by atoms with E-state index in [0.717, 1.165) is 12.1 Å². The zero-order chi connectivity index (χ0) is 25.4. The lowest BCUT2D eigenvalue weighted by molar-refractivity contribution is 0.0974. The van der Waals surface area contributed by atoms with Gasteiger partial charge >= 0.3 is 0 Å². The Balaban J connectivity index is 1.60. The fraction of sp³-hybridized carbons (Fsp3) is 0.222. The number of amides is 2. The lowest BCUT2D eigenvalue weighted by atomic mass is 10.1. The topological polar surface area (TPSA) is 70.7 Å². The largest absolute Gasteiger partial charge is 0.492 e. The second-order valence-electron chi connectivity index (χ2n) is 8.36. The molecule has 0 heterocycles. The zero-order valence-corrected chi connectivity index (χ0v) is 22.3. The molecule has 0 radical (unpaired) electrons. The maximum Gasteiger partial charge on any atom is 0.258 e. The second kappa shape index (κ2) is 12.5. The van der Waals surface area contributed by atoms with E-state index in [1.807, 2.05) is 30.3 Å². The van der Waals surface area contributed by atoms with Gasteiger partial charge in [-0.2, -0.15) is 0 Å². The Kier molecular flexibility index (Phi) is 9.39. The number of para-hydroxylation sites is 1. The lowest BCUT2D eigenvalue weighted by Gasteiger charge is -2.18. The molecule has 35 heavy (non-hydrogen) atoms. The monoisotopic (exact) mass is 553 g/mol. The van der Waals surface area contributed by atoms with Gasteiger partial charge in [-0.15, -0.1) is 0 Å². The van der Waals surface area contributed by atoms with Crippen molar-refractivity contribution in [1.82, 2.24) is 5.32 Å². The van der Waals surface area contributed by atoms with Crippen LogP contribution < -0.4 is 20.3 Å². The normalized spacial score (nSPS) is 10.5. The molecular formula is C27H28BrN3O3S. The molecule has 0 aliphatic rings. The highest BCUT2D eigenvalue weighted by Gasteiger charge is 2.15. The number of hydrogen-bond donors (Lipinski definition) is 2. The van der Waals surface area contributed by atoms with Gasteiger partial charge in [-0.1, -0.05) is 38.1 Å². The van der Waals surface area contributed by atoms with Crippen LogP contribution in [-0.2, 0) is 0 Å². The van der Waals surface area contributed by atoms with Gasteiger partial charge in [-0.3, -0.25) is 14.9 Å². The fourth-order valence-corrected chi connectivity index (χ4v) is 3.90. The van der Waals surface area contributed by atoms with Gasteiger partial charge in [-0.05, 0) is 89.0 Å². The van der Waals surface area contributed by atoms with Crippen LogP contribution in [0.5, 0.6) is 5.75 Å². The van der Waals surface area contributed by atoms with E-state index in [4.69, 9.17) is 17.0 Å². The molecule has 0 saturated carbocycles. The molecule has 2 amide bonds. The van der Waals surface area contributed by atoms with Gasteiger partial charge in [0.1, 0.15) is 5.75 Å². The number of halogens is 1. The van der Waals surface area contributed by atoms with Crippen LogP contribution in [0.4, 0.5) is 11.4 Å². The van der Waals surface area contributed by atoms with Crippen molar-refractivity contribution in [2.45, 2.75) is 20.3 Å². The third-order valence-electron chi connectivity index (χ3n) is 5.19. The van der Waals surface area contributed by atoms with Crippen LogP contribution in [-0.4, -0.2) is 30.6 Å². The Morgan fingerprint density at radius 1 is 1.00 bits per heavy atom. The summed E-state index contributed by atoms with van der Waals surface area (Å²) in [5.41, 5.74) is 2.32. The minimum absolute atomic E-state index is 0.129. The predicted molar refractivity (Wildman–Crippen MR) is 148 cm³/mol. The minimum Gasteiger partial charge on any atom is -0.492 e. The molecule has 6 nitrogen and oxygen atoms in total. The molecule has 0 unspecified atom stereocenters. The van der Waals surface area contributed by atoms with Crippen molar-refractivity contribution in [3.8, 4) is 5.75 Å². The molecule has 0 aliphatic heterocycles. The lowest BCUT2D eigenvalue weighted by Crippen LogP contribution is -2.34. The third-order valence-corrected chi connectivity index (χ3v) is 6.01. The summed E-state index contributed by atoms with van der Waals surface area (Å²) < 4.78 is 6.47. The van der Waals surface area contributed by atoms with Gasteiger partial charge in [-0.25, -0.2) is 0 Å². The van der Waals surface area contributed by atoms with Crippen molar-refractivity contribution in [2.75, 3.05) is 23.9 Å². The van der Waals surface area contributed by atoms with Crippen LogP contribution in [0.1, 0.15) is 41.0 Å². The highest BCUT2D eigenvalue weighted by atomic mass is 79.9. The number of nitrogens with zero attached hydrogens (tertiary/aromatic N) is 1. The SMILES string of the molecule is CC(C)CCOc1ccc(C(=O)NC(=S)Nc2cccc(C(=O)N(C)c3ccccc3)c2)cc1Br.